The Morgan fingerprint density at radius 3 is 2.72 bits per heavy atom. The minimum Gasteiger partial charge on any atom is -0.368 e. The monoisotopic (exact) mass is 240 g/mol. The fraction of sp³-hybridized carbons (Fsp3) is 0.286. The Labute approximate surface area is 106 Å². The molecule has 1 aromatic heterocycles. The van der Waals surface area contributed by atoms with Gasteiger partial charge in [0.25, 0.3) is 0 Å². The van der Waals surface area contributed by atoms with E-state index in [0.29, 0.717) is 12.0 Å². The average molecular weight is 240 g/mol. The van der Waals surface area contributed by atoms with Crippen LogP contribution >= 0.6 is 0 Å². The topological polar surface area (TPSA) is 63.8 Å². The van der Waals surface area contributed by atoms with Gasteiger partial charge in [-0.3, -0.25) is 0 Å². The van der Waals surface area contributed by atoms with Gasteiger partial charge in [0.2, 0.25) is 5.95 Å². The lowest BCUT2D eigenvalue weighted by molar-refractivity contribution is 0.590. The van der Waals surface area contributed by atoms with Gasteiger partial charge in [0.05, 0.1) is 11.4 Å². The summed E-state index contributed by atoms with van der Waals surface area (Å²) in [6.45, 7) is 0. The van der Waals surface area contributed by atoms with Crippen molar-refractivity contribution in [2.75, 3.05) is 12.8 Å². The maximum atomic E-state index is 5.81. The second-order valence-electron chi connectivity index (χ2n) is 4.54. The normalized spacial score (nSPS) is 17.7. The Hall–Kier alpha value is -1.94. The van der Waals surface area contributed by atoms with E-state index in [1.54, 1.807) is 0 Å². The number of nitrogens with one attached hydrogen (secondary N) is 1. The van der Waals surface area contributed by atoms with Crippen molar-refractivity contribution >= 4 is 5.95 Å². The van der Waals surface area contributed by atoms with Gasteiger partial charge in [-0.1, -0.05) is 30.3 Å². The van der Waals surface area contributed by atoms with Crippen LogP contribution in [0.15, 0.2) is 30.3 Å². The molecule has 0 bridgehead atoms. The van der Waals surface area contributed by atoms with Crippen molar-refractivity contribution in [1.82, 2.24) is 15.3 Å². The molecule has 1 aliphatic rings. The van der Waals surface area contributed by atoms with Crippen molar-refractivity contribution in [1.29, 1.82) is 0 Å². The number of aryl methyl sites for hydroxylation is 1. The Morgan fingerprint density at radius 1 is 1.22 bits per heavy atom. The van der Waals surface area contributed by atoms with Crippen molar-refractivity contribution in [3.05, 3.63) is 41.6 Å². The summed E-state index contributed by atoms with van der Waals surface area (Å²) in [4.78, 5) is 8.80. The van der Waals surface area contributed by atoms with Crippen LogP contribution in [0.4, 0.5) is 5.95 Å². The molecule has 0 saturated heterocycles. The van der Waals surface area contributed by atoms with E-state index in [9.17, 15) is 0 Å². The molecular weight excluding hydrogens is 224 g/mol. The lowest BCUT2D eigenvalue weighted by Crippen LogP contribution is -2.15. The highest BCUT2D eigenvalue weighted by atomic mass is 15.0. The summed E-state index contributed by atoms with van der Waals surface area (Å²) in [5.41, 5.74) is 10.2. The molecule has 1 aliphatic carbocycles. The summed E-state index contributed by atoms with van der Waals surface area (Å²) in [6, 6.07) is 10.5. The van der Waals surface area contributed by atoms with Gasteiger partial charge in [0.1, 0.15) is 0 Å². The number of fused-ring (bicyclic) bond motifs is 1. The van der Waals surface area contributed by atoms with Crippen LogP contribution in [0.3, 0.4) is 0 Å². The molecule has 0 aliphatic heterocycles. The van der Waals surface area contributed by atoms with Crippen LogP contribution in [0.1, 0.15) is 23.7 Å². The quantitative estimate of drug-likeness (QED) is 0.842. The van der Waals surface area contributed by atoms with E-state index in [2.05, 4.69) is 27.4 Å². The standard InChI is InChI=1S/C14H16N4/c1-16-10-7-8-11-12(10)13(18-14(15)17-11)9-5-3-2-4-6-9/h2-6,10,16H,7-8H2,1H3,(H2,15,17,18). The largest absolute Gasteiger partial charge is 0.368 e. The van der Waals surface area contributed by atoms with Crippen molar-refractivity contribution in [2.45, 2.75) is 18.9 Å². The van der Waals surface area contributed by atoms with Crippen LogP contribution in [0, 0.1) is 0 Å². The van der Waals surface area contributed by atoms with Gasteiger partial charge in [0, 0.05) is 17.2 Å². The second-order valence-corrected chi connectivity index (χ2v) is 4.54. The predicted molar refractivity (Wildman–Crippen MR) is 72.0 cm³/mol. The van der Waals surface area contributed by atoms with E-state index in [1.807, 2.05) is 25.2 Å². The Bertz CT molecular complexity index is 566. The van der Waals surface area contributed by atoms with Crippen LogP contribution in [-0.2, 0) is 6.42 Å². The molecule has 3 rings (SSSR count). The molecule has 4 nitrogen and oxygen atoms in total. The SMILES string of the molecule is CNC1CCc2nc(N)nc(-c3ccccc3)c21. The number of rotatable bonds is 2. The molecular formula is C14H16N4. The number of nitrogens with zero attached hydrogens (tertiary/aromatic N) is 2. The molecule has 1 atom stereocenters. The second kappa shape index (κ2) is 4.38. The fourth-order valence-corrected chi connectivity index (χ4v) is 2.62. The van der Waals surface area contributed by atoms with E-state index < -0.39 is 0 Å². The Morgan fingerprint density at radius 2 is 2.00 bits per heavy atom. The molecule has 0 saturated carbocycles. The maximum absolute atomic E-state index is 5.81. The van der Waals surface area contributed by atoms with E-state index >= 15 is 0 Å². The summed E-state index contributed by atoms with van der Waals surface area (Å²) >= 11 is 0. The number of benzene rings is 1. The number of nitrogen functional groups attached to an aromatic ring is 1. The van der Waals surface area contributed by atoms with E-state index in [1.165, 1.54) is 5.56 Å². The molecule has 1 unspecified atom stereocenters. The van der Waals surface area contributed by atoms with Gasteiger partial charge in [0.15, 0.2) is 0 Å². The molecule has 92 valence electrons. The lowest BCUT2D eigenvalue weighted by Gasteiger charge is -2.14. The number of hydrogen-bond donors (Lipinski definition) is 2. The average Bonchev–Trinajstić information content (AvgIpc) is 2.81. The van der Waals surface area contributed by atoms with Gasteiger partial charge in [-0.05, 0) is 19.9 Å². The van der Waals surface area contributed by atoms with Crippen molar-refractivity contribution in [3.8, 4) is 11.3 Å². The Kier molecular flexibility index (Phi) is 2.72. The minimum atomic E-state index is 0.329. The summed E-state index contributed by atoms with van der Waals surface area (Å²) in [6.07, 6.45) is 2.02. The number of anilines is 1. The third-order valence-corrected chi connectivity index (χ3v) is 3.46. The van der Waals surface area contributed by atoms with Crippen molar-refractivity contribution in [3.63, 3.8) is 0 Å². The summed E-state index contributed by atoms with van der Waals surface area (Å²) < 4.78 is 0. The van der Waals surface area contributed by atoms with Crippen LogP contribution in [0.5, 0.6) is 0 Å². The zero-order valence-corrected chi connectivity index (χ0v) is 10.4. The zero-order chi connectivity index (χ0) is 12.5. The molecule has 0 amide bonds. The molecule has 0 fully saturated rings. The van der Waals surface area contributed by atoms with Crippen LogP contribution in [-0.4, -0.2) is 17.0 Å². The van der Waals surface area contributed by atoms with Gasteiger partial charge in [-0.25, -0.2) is 9.97 Å². The first-order valence-electron chi connectivity index (χ1n) is 6.18. The van der Waals surface area contributed by atoms with Gasteiger partial charge >= 0.3 is 0 Å². The highest BCUT2D eigenvalue weighted by molar-refractivity contribution is 5.66. The highest BCUT2D eigenvalue weighted by Crippen LogP contribution is 2.36. The predicted octanol–water partition coefficient (Wildman–Crippen LogP) is 1.93. The van der Waals surface area contributed by atoms with Crippen LogP contribution in [0.2, 0.25) is 0 Å². The smallest absolute Gasteiger partial charge is 0.220 e. The third kappa shape index (κ3) is 1.75. The highest BCUT2D eigenvalue weighted by Gasteiger charge is 2.27. The zero-order valence-electron chi connectivity index (χ0n) is 10.4. The molecule has 2 aromatic rings. The fourth-order valence-electron chi connectivity index (χ4n) is 2.62. The number of nitrogens with two attached hydrogens (primary N) is 1. The molecule has 18 heavy (non-hydrogen) atoms. The lowest BCUT2D eigenvalue weighted by atomic mass is 10.0. The van der Waals surface area contributed by atoms with E-state index in [4.69, 9.17) is 5.73 Å². The first-order valence-corrected chi connectivity index (χ1v) is 6.18. The summed E-state index contributed by atoms with van der Waals surface area (Å²) in [5.74, 6) is 0.365. The molecule has 4 heteroatoms. The van der Waals surface area contributed by atoms with Gasteiger partial charge in [-0.15, -0.1) is 0 Å². The van der Waals surface area contributed by atoms with E-state index in [-0.39, 0.29) is 0 Å². The molecule has 0 spiro atoms. The van der Waals surface area contributed by atoms with Crippen LogP contribution in [0.25, 0.3) is 11.3 Å². The maximum Gasteiger partial charge on any atom is 0.220 e. The van der Waals surface area contributed by atoms with E-state index in [0.717, 1.165) is 29.8 Å². The third-order valence-electron chi connectivity index (χ3n) is 3.46. The first-order chi connectivity index (χ1) is 8.79. The molecule has 0 radical (unpaired) electrons. The summed E-state index contributed by atoms with van der Waals surface area (Å²) in [5, 5.41) is 3.33. The minimum absolute atomic E-state index is 0.329. The molecule has 3 N–H and O–H groups in total. The molecule has 1 heterocycles. The van der Waals surface area contributed by atoms with Gasteiger partial charge < -0.3 is 11.1 Å². The first kappa shape index (κ1) is 11.2. The van der Waals surface area contributed by atoms with Crippen molar-refractivity contribution < 1.29 is 0 Å². The number of hydrogen-bond acceptors (Lipinski definition) is 4. The summed E-state index contributed by atoms with van der Waals surface area (Å²) in [7, 11) is 1.98. The van der Waals surface area contributed by atoms with Gasteiger partial charge in [-0.2, -0.15) is 0 Å². The Balaban J connectivity index is 2.21. The van der Waals surface area contributed by atoms with Crippen molar-refractivity contribution in [2.24, 2.45) is 0 Å². The van der Waals surface area contributed by atoms with Crippen LogP contribution < -0.4 is 11.1 Å². The molecule has 1 aromatic carbocycles. The number of aromatic nitrogens is 2.